The zero-order valence-corrected chi connectivity index (χ0v) is 12.4. The van der Waals surface area contributed by atoms with Gasteiger partial charge in [0.2, 0.25) is 0 Å². The van der Waals surface area contributed by atoms with Gasteiger partial charge in [0.25, 0.3) is 0 Å². The molecule has 0 aliphatic rings. The van der Waals surface area contributed by atoms with Crippen LogP contribution in [0.5, 0.6) is 0 Å². The van der Waals surface area contributed by atoms with E-state index in [1.807, 2.05) is 17.0 Å². The number of hydrogen-bond donors (Lipinski definition) is 1. The predicted molar refractivity (Wildman–Crippen MR) is 73.2 cm³/mol. The van der Waals surface area contributed by atoms with Gasteiger partial charge in [0.15, 0.2) is 0 Å². The lowest BCUT2D eigenvalue weighted by Crippen LogP contribution is -2.19. The summed E-state index contributed by atoms with van der Waals surface area (Å²) in [6, 6.07) is 0.0429. The fourth-order valence-electron chi connectivity index (χ4n) is 1.72. The van der Waals surface area contributed by atoms with Gasteiger partial charge in [-0.15, -0.1) is 11.3 Å². The Hall–Kier alpha value is -0.720. The SMILES string of the molecule is Cc1nc(C(N)c2c(Br)cnn2C(C)C)cs1. The molecule has 0 bridgehead atoms. The summed E-state index contributed by atoms with van der Waals surface area (Å²) >= 11 is 5.12. The van der Waals surface area contributed by atoms with Crippen molar-refractivity contribution in [2.75, 3.05) is 0 Å². The minimum atomic E-state index is -0.237. The van der Waals surface area contributed by atoms with Crippen LogP contribution in [0.2, 0.25) is 0 Å². The van der Waals surface area contributed by atoms with Crippen LogP contribution >= 0.6 is 27.3 Å². The van der Waals surface area contributed by atoms with Crippen molar-refractivity contribution in [2.24, 2.45) is 5.73 Å². The second-order valence-corrected chi connectivity index (χ2v) is 6.10. The van der Waals surface area contributed by atoms with Crippen LogP contribution in [0.1, 0.15) is 42.3 Å². The smallest absolute Gasteiger partial charge is 0.0917 e. The quantitative estimate of drug-likeness (QED) is 0.947. The largest absolute Gasteiger partial charge is 0.318 e. The number of aryl methyl sites for hydroxylation is 1. The number of aromatic nitrogens is 3. The number of nitrogens with zero attached hydrogens (tertiary/aromatic N) is 3. The van der Waals surface area contributed by atoms with Gasteiger partial charge in [0.05, 0.1) is 33.1 Å². The molecule has 0 fully saturated rings. The standard InChI is InChI=1S/C11H15BrN4S/c1-6(2)16-11(8(12)4-14-16)10(13)9-5-17-7(3)15-9/h4-6,10H,13H2,1-3H3. The molecule has 2 aromatic rings. The van der Waals surface area contributed by atoms with Gasteiger partial charge in [0, 0.05) is 11.4 Å². The van der Waals surface area contributed by atoms with Crippen molar-refractivity contribution in [3.63, 3.8) is 0 Å². The third-order valence-corrected chi connectivity index (χ3v) is 3.93. The summed E-state index contributed by atoms with van der Waals surface area (Å²) in [5, 5.41) is 7.37. The van der Waals surface area contributed by atoms with E-state index >= 15 is 0 Å². The fourth-order valence-corrected chi connectivity index (χ4v) is 2.88. The van der Waals surface area contributed by atoms with Crippen LogP contribution < -0.4 is 5.73 Å². The van der Waals surface area contributed by atoms with E-state index in [-0.39, 0.29) is 12.1 Å². The molecule has 92 valence electrons. The molecule has 0 radical (unpaired) electrons. The van der Waals surface area contributed by atoms with Crippen molar-refractivity contribution in [1.82, 2.24) is 14.8 Å². The van der Waals surface area contributed by atoms with Crippen LogP contribution in [0.25, 0.3) is 0 Å². The Morgan fingerprint density at radius 1 is 1.47 bits per heavy atom. The van der Waals surface area contributed by atoms with Gasteiger partial charge >= 0.3 is 0 Å². The molecule has 17 heavy (non-hydrogen) atoms. The first kappa shape index (κ1) is 12.7. The summed E-state index contributed by atoms with van der Waals surface area (Å²) in [7, 11) is 0. The van der Waals surface area contributed by atoms with E-state index in [0.29, 0.717) is 0 Å². The van der Waals surface area contributed by atoms with Crippen molar-refractivity contribution in [3.8, 4) is 0 Å². The van der Waals surface area contributed by atoms with E-state index in [4.69, 9.17) is 5.73 Å². The summed E-state index contributed by atoms with van der Waals surface area (Å²) < 4.78 is 2.87. The number of halogens is 1. The molecule has 2 rings (SSSR count). The van der Waals surface area contributed by atoms with Gasteiger partial charge in [-0.25, -0.2) is 4.98 Å². The molecular formula is C11H15BrN4S. The Balaban J connectivity index is 2.43. The molecule has 1 atom stereocenters. The van der Waals surface area contributed by atoms with Gasteiger partial charge < -0.3 is 5.73 Å². The molecule has 2 aromatic heterocycles. The number of rotatable bonds is 3. The highest BCUT2D eigenvalue weighted by molar-refractivity contribution is 9.10. The molecule has 6 heteroatoms. The van der Waals surface area contributed by atoms with E-state index in [2.05, 4.69) is 39.9 Å². The van der Waals surface area contributed by atoms with Crippen molar-refractivity contribution < 1.29 is 0 Å². The molecule has 0 aliphatic carbocycles. The van der Waals surface area contributed by atoms with Gasteiger partial charge in [-0.2, -0.15) is 5.10 Å². The van der Waals surface area contributed by atoms with Crippen LogP contribution in [-0.4, -0.2) is 14.8 Å². The van der Waals surface area contributed by atoms with Crippen LogP contribution in [0.4, 0.5) is 0 Å². The van der Waals surface area contributed by atoms with Crippen molar-refractivity contribution >= 4 is 27.3 Å². The molecule has 0 saturated carbocycles. The first-order valence-corrected chi connectivity index (χ1v) is 7.08. The highest BCUT2D eigenvalue weighted by Crippen LogP contribution is 2.29. The minimum Gasteiger partial charge on any atom is -0.318 e. The van der Waals surface area contributed by atoms with Gasteiger partial charge in [0.1, 0.15) is 0 Å². The lowest BCUT2D eigenvalue weighted by molar-refractivity contribution is 0.497. The maximum atomic E-state index is 6.27. The zero-order chi connectivity index (χ0) is 12.6. The average molecular weight is 315 g/mol. The lowest BCUT2D eigenvalue weighted by atomic mass is 10.1. The molecule has 0 spiro atoms. The van der Waals surface area contributed by atoms with Gasteiger partial charge in [-0.05, 0) is 36.7 Å². The number of nitrogens with two attached hydrogens (primary N) is 1. The lowest BCUT2D eigenvalue weighted by Gasteiger charge is -2.16. The molecule has 0 aliphatic heterocycles. The van der Waals surface area contributed by atoms with Crippen molar-refractivity contribution in [2.45, 2.75) is 32.9 Å². The van der Waals surface area contributed by atoms with Crippen LogP contribution in [-0.2, 0) is 0 Å². The van der Waals surface area contributed by atoms with E-state index < -0.39 is 0 Å². The first-order valence-electron chi connectivity index (χ1n) is 5.41. The third-order valence-electron chi connectivity index (χ3n) is 2.53. The molecule has 0 saturated heterocycles. The molecule has 0 aromatic carbocycles. The Morgan fingerprint density at radius 3 is 2.71 bits per heavy atom. The van der Waals surface area contributed by atoms with Gasteiger partial charge in [-0.3, -0.25) is 4.68 Å². The Bertz CT molecular complexity index is 517. The second-order valence-electron chi connectivity index (χ2n) is 4.19. The van der Waals surface area contributed by atoms with E-state index in [1.165, 1.54) is 0 Å². The summed E-state index contributed by atoms with van der Waals surface area (Å²) in [5.41, 5.74) is 8.14. The highest BCUT2D eigenvalue weighted by Gasteiger charge is 2.21. The summed E-state index contributed by atoms with van der Waals surface area (Å²) in [6.07, 6.45) is 1.79. The molecule has 4 nitrogen and oxygen atoms in total. The van der Waals surface area contributed by atoms with Crippen LogP contribution in [0.15, 0.2) is 16.0 Å². The molecule has 1 unspecified atom stereocenters. The van der Waals surface area contributed by atoms with E-state index in [9.17, 15) is 0 Å². The summed E-state index contributed by atoms with van der Waals surface area (Å²) in [6.45, 7) is 6.15. The minimum absolute atomic E-state index is 0.237. The summed E-state index contributed by atoms with van der Waals surface area (Å²) in [4.78, 5) is 4.44. The maximum absolute atomic E-state index is 6.27. The van der Waals surface area contributed by atoms with E-state index in [0.717, 1.165) is 20.9 Å². The van der Waals surface area contributed by atoms with Crippen molar-refractivity contribution in [3.05, 3.63) is 32.4 Å². The molecule has 2 heterocycles. The number of hydrogen-bond acceptors (Lipinski definition) is 4. The van der Waals surface area contributed by atoms with Crippen LogP contribution in [0, 0.1) is 6.92 Å². The first-order chi connectivity index (χ1) is 8.00. The maximum Gasteiger partial charge on any atom is 0.0917 e. The normalized spacial score (nSPS) is 13.3. The monoisotopic (exact) mass is 314 g/mol. The number of thiazole rings is 1. The molecule has 2 N–H and O–H groups in total. The second kappa shape index (κ2) is 4.88. The Morgan fingerprint density at radius 2 is 2.18 bits per heavy atom. The topological polar surface area (TPSA) is 56.7 Å². The Labute approximate surface area is 113 Å². The highest BCUT2D eigenvalue weighted by atomic mass is 79.9. The average Bonchev–Trinajstić information content (AvgIpc) is 2.83. The van der Waals surface area contributed by atoms with E-state index in [1.54, 1.807) is 17.5 Å². The predicted octanol–water partition coefficient (Wildman–Crippen LogP) is 3.04. The molecule has 0 amide bonds. The summed E-state index contributed by atoms with van der Waals surface area (Å²) in [5.74, 6) is 0. The van der Waals surface area contributed by atoms with Gasteiger partial charge in [-0.1, -0.05) is 0 Å². The fraction of sp³-hybridized carbons (Fsp3) is 0.455. The Kier molecular flexibility index (Phi) is 3.65. The zero-order valence-electron chi connectivity index (χ0n) is 10.0. The van der Waals surface area contributed by atoms with Crippen LogP contribution in [0.3, 0.4) is 0 Å². The molecular weight excluding hydrogens is 300 g/mol. The van der Waals surface area contributed by atoms with Crippen molar-refractivity contribution in [1.29, 1.82) is 0 Å². The third kappa shape index (κ3) is 2.43.